The molecule has 0 saturated heterocycles. The molecule has 3 aromatic carbocycles. The van der Waals surface area contributed by atoms with E-state index in [9.17, 15) is 4.39 Å². The molecule has 0 amide bonds. The van der Waals surface area contributed by atoms with Crippen LogP contribution in [0.3, 0.4) is 0 Å². The average Bonchev–Trinajstić information content (AvgIpc) is 2.69. The minimum atomic E-state index is -0.294. The second-order valence-electron chi connectivity index (χ2n) is 5.93. The summed E-state index contributed by atoms with van der Waals surface area (Å²) in [6.45, 7) is 2.05. The van der Waals surface area contributed by atoms with Gasteiger partial charge < -0.3 is 9.47 Å². The average molecular weight is 384 g/mol. The third-order valence-corrected chi connectivity index (χ3v) is 4.53. The highest BCUT2D eigenvalue weighted by molar-refractivity contribution is 6.31. The van der Waals surface area contributed by atoms with E-state index in [-0.39, 0.29) is 12.4 Å². The van der Waals surface area contributed by atoms with Gasteiger partial charge in [0.1, 0.15) is 12.4 Å². The zero-order chi connectivity index (χ0) is 19.2. The van der Waals surface area contributed by atoms with Crippen molar-refractivity contribution in [2.75, 3.05) is 7.11 Å². The topological polar surface area (TPSA) is 30.8 Å². The largest absolute Gasteiger partial charge is 0.493 e. The number of ether oxygens (including phenoxy) is 2. The monoisotopic (exact) mass is 383 g/mol. The van der Waals surface area contributed by atoms with Gasteiger partial charge in [0.2, 0.25) is 0 Å². The number of hydrogen-bond donors (Lipinski definition) is 0. The lowest BCUT2D eigenvalue weighted by molar-refractivity contribution is 0.279. The molecule has 3 rings (SSSR count). The molecule has 3 nitrogen and oxygen atoms in total. The maximum Gasteiger partial charge on any atom is 0.161 e. The van der Waals surface area contributed by atoms with Gasteiger partial charge in [-0.15, -0.1) is 0 Å². The molecule has 0 fully saturated rings. The van der Waals surface area contributed by atoms with Crippen molar-refractivity contribution in [3.05, 3.63) is 88.2 Å². The molecule has 0 N–H and O–H groups in total. The lowest BCUT2D eigenvalue weighted by Gasteiger charge is -2.11. The van der Waals surface area contributed by atoms with Crippen molar-refractivity contribution in [3.63, 3.8) is 0 Å². The number of aliphatic imine (C=N–C) groups is 1. The summed E-state index contributed by atoms with van der Waals surface area (Å²) in [6, 6.07) is 17.6. The Hall–Kier alpha value is -2.85. The third-order valence-electron chi connectivity index (χ3n) is 4.12. The van der Waals surface area contributed by atoms with Crippen molar-refractivity contribution >= 4 is 23.5 Å². The molecule has 0 aliphatic heterocycles. The first-order valence-electron chi connectivity index (χ1n) is 8.42. The van der Waals surface area contributed by atoms with E-state index >= 15 is 0 Å². The number of halogens is 2. The Morgan fingerprint density at radius 2 is 1.85 bits per heavy atom. The number of benzene rings is 3. The van der Waals surface area contributed by atoms with E-state index in [2.05, 4.69) is 4.99 Å². The van der Waals surface area contributed by atoms with E-state index < -0.39 is 0 Å². The summed E-state index contributed by atoms with van der Waals surface area (Å²) in [5, 5.41) is 0.680. The second kappa shape index (κ2) is 8.69. The van der Waals surface area contributed by atoms with Crippen LogP contribution in [0.4, 0.5) is 10.1 Å². The summed E-state index contributed by atoms with van der Waals surface area (Å²) in [4.78, 5) is 4.49. The standard InChI is InChI=1S/C22H19ClFNO2/c1-15-18(23)7-5-9-20(15)25-13-16-10-11-21(22(12-16)26-2)27-14-17-6-3-4-8-19(17)24/h3-13H,14H2,1-2H3. The first kappa shape index (κ1) is 18.9. The van der Waals surface area contributed by atoms with E-state index in [0.29, 0.717) is 22.1 Å². The predicted octanol–water partition coefficient (Wildman–Crippen LogP) is 6.13. The van der Waals surface area contributed by atoms with Gasteiger partial charge in [-0.25, -0.2) is 4.39 Å². The Balaban J connectivity index is 1.77. The molecular weight excluding hydrogens is 365 g/mol. The minimum Gasteiger partial charge on any atom is -0.493 e. The van der Waals surface area contributed by atoms with Crippen molar-refractivity contribution < 1.29 is 13.9 Å². The molecule has 0 aromatic heterocycles. The van der Waals surface area contributed by atoms with Crippen molar-refractivity contribution in [2.45, 2.75) is 13.5 Å². The normalized spacial score (nSPS) is 11.0. The minimum absolute atomic E-state index is 0.123. The van der Waals surface area contributed by atoms with Gasteiger partial charge in [-0.1, -0.05) is 35.9 Å². The molecule has 0 aliphatic carbocycles. The Morgan fingerprint density at radius 3 is 2.63 bits per heavy atom. The Bertz CT molecular complexity index is 972. The number of hydrogen-bond acceptors (Lipinski definition) is 3. The number of methoxy groups -OCH3 is 1. The fourth-order valence-corrected chi connectivity index (χ4v) is 2.70. The van der Waals surface area contributed by atoms with Crippen LogP contribution < -0.4 is 9.47 Å². The van der Waals surface area contributed by atoms with Gasteiger partial charge in [-0.2, -0.15) is 0 Å². The Kier molecular flexibility index (Phi) is 6.09. The lowest BCUT2D eigenvalue weighted by atomic mass is 10.2. The summed E-state index contributed by atoms with van der Waals surface area (Å²) >= 11 is 6.12. The molecule has 0 spiro atoms. The van der Waals surface area contributed by atoms with E-state index in [0.717, 1.165) is 16.8 Å². The van der Waals surface area contributed by atoms with E-state index in [4.69, 9.17) is 21.1 Å². The van der Waals surface area contributed by atoms with E-state index in [1.165, 1.54) is 6.07 Å². The van der Waals surface area contributed by atoms with Gasteiger partial charge in [-0.05, 0) is 54.4 Å². The molecule has 27 heavy (non-hydrogen) atoms. The summed E-state index contributed by atoms with van der Waals surface area (Å²) in [5.74, 6) is 0.798. The van der Waals surface area contributed by atoms with Crippen LogP contribution in [0.5, 0.6) is 11.5 Å². The van der Waals surface area contributed by atoms with Crippen LogP contribution in [0, 0.1) is 12.7 Å². The van der Waals surface area contributed by atoms with Crippen LogP contribution in [-0.2, 0) is 6.61 Å². The molecule has 0 radical (unpaired) electrons. The molecule has 0 unspecified atom stereocenters. The maximum atomic E-state index is 13.7. The zero-order valence-corrected chi connectivity index (χ0v) is 15.8. The Labute approximate surface area is 163 Å². The van der Waals surface area contributed by atoms with Gasteiger partial charge >= 0.3 is 0 Å². The molecule has 0 aliphatic rings. The van der Waals surface area contributed by atoms with Gasteiger partial charge in [0.25, 0.3) is 0 Å². The maximum absolute atomic E-state index is 13.7. The second-order valence-corrected chi connectivity index (χ2v) is 6.34. The quantitative estimate of drug-likeness (QED) is 0.479. The van der Waals surface area contributed by atoms with Crippen molar-refractivity contribution in [1.82, 2.24) is 0 Å². The summed E-state index contributed by atoms with van der Waals surface area (Å²) in [7, 11) is 1.56. The smallest absolute Gasteiger partial charge is 0.161 e. The lowest BCUT2D eigenvalue weighted by Crippen LogP contribution is -2.00. The highest BCUT2D eigenvalue weighted by Gasteiger charge is 2.08. The first-order chi connectivity index (χ1) is 13.1. The van der Waals surface area contributed by atoms with Crippen LogP contribution >= 0.6 is 11.6 Å². The fraction of sp³-hybridized carbons (Fsp3) is 0.136. The van der Waals surface area contributed by atoms with Crippen LogP contribution in [0.2, 0.25) is 5.02 Å². The molecule has 3 aromatic rings. The van der Waals surface area contributed by atoms with Gasteiger partial charge in [-0.3, -0.25) is 4.99 Å². The van der Waals surface area contributed by atoms with E-state index in [1.54, 1.807) is 37.6 Å². The Morgan fingerprint density at radius 1 is 1.04 bits per heavy atom. The van der Waals surface area contributed by atoms with Crippen LogP contribution in [0.25, 0.3) is 0 Å². The predicted molar refractivity (Wildman–Crippen MR) is 107 cm³/mol. The molecular formula is C22H19ClFNO2. The molecule has 5 heteroatoms. The first-order valence-corrected chi connectivity index (χ1v) is 8.79. The zero-order valence-electron chi connectivity index (χ0n) is 15.1. The summed E-state index contributed by atoms with van der Waals surface area (Å²) in [5.41, 5.74) is 3.07. The SMILES string of the molecule is COc1cc(C=Nc2cccc(Cl)c2C)ccc1OCc1ccccc1F. The van der Waals surface area contributed by atoms with Crippen molar-refractivity contribution in [3.8, 4) is 11.5 Å². The highest BCUT2D eigenvalue weighted by atomic mass is 35.5. The molecule has 138 valence electrons. The molecule has 0 bridgehead atoms. The van der Waals surface area contributed by atoms with Crippen LogP contribution in [0.1, 0.15) is 16.7 Å². The van der Waals surface area contributed by atoms with Crippen molar-refractivity contribution in [2.24, 2.45) is 4.99 Å². The van der Waals surface area contributed by atoms with Gasteiger partial charge in [0.05, 0.1) is 12.8 Å². The molecule has 0 heterocycles. The number of rotatable bonds is 6. The summed E-state index contributed by atoms with van der Waals surface area (Å²) in [6.07, 6.45) is 1.74. The van der Waals surface area contributed by atoms with Gasteiger partial charge in [0.15, 0.2) is 11.5 Å². The highest BCUT2D eigenvalue weighted by Crippen LogP contribution is 2.29. The number of nitrogens with zero attached hydrogens (tertiary/aromatic N) is 1. The van der Waals surface area contributed by atoms with E-state index in [1.807, 2.05) is 37.3 Å². The van der Waals surface area contributed by atoms with Crippen LogP contribution in [-0.4, -0.2) is 13.3 Å². The van der Waals surface area contributed by atoms with Crippen LogP contribution in [0.15, 0.2) is 65.7 Å². The fourth-order valence-electron chi connectivity index (χ4n) is 2.53. The van der Waals surface area contributed by atoms with Gasteiger partial charge in [0, 0.05) is 16.8 Å². The molecule has 0 saturated carbocycles. The third kappa shape index (κ3) is 4.66. The van der Waals surface area contributed by atoms with Crippen molar-refractivity contribution in [1.29, 1.82) is 0 Å². The summed E-state index contributed by atoms with van der Waals surface area (Å²) < 4.78 is 24.8. The molecule has 0 atom stereocenters.